The third kappa shape index (κ3) is 5.56. The maximum atomic E-state index is 12.8. The first kappa shape index (κ1) is 22.9. The molecule has 0 aliphatic carbocycles. The number of benzene rings is 1. The van der Waals surface area contributed by atoms with Crippen LogP contribution in [0.1, 0.15) is 35.0 Å². The van der Waals surface area contributed by atoms with Crippen LogP contribution in [0.4, 0.5) is 13.2 Å². The fourth-order valence-corrected chi connectivity index (χ4v) is 2.57. The van der Waals surface area contributed by atoms with Gasteiger partial charge in [0.15, 0.2) is 5.71 Å². The second-order valence-electron chi connectivity index (χ2n) is 6.16. The van der Waals surface area contributed by atoms with Crippen LogP contribution < -0.4 is 5.32 Å². The molecule has 2 rings (SSSR count). The van der Waals surface area contributed by atoms with Gasteiger partial charge in [0.1, 0.15) is 25.1 Å². The van der Waals surface area contributed by atoms with Crippen LogP contribution in [-0.4, -0.2) is 36.5 Å². The van der Waals surface area contributed by atoms with Gasteiger partial charge in [0.25, 0.3) is 5.91 Å². The molecule has 0 spiro atoms. The lowest BCUT2D eigenvalue weighted by Gasteiger charge is -2.13. The molecule has 1 aromatic heterocycles. The van der Waals surface area contributed by atoms with Crippen molar-refractivity contribution in [3.05, 3.63) is 64.5 Å². The Morgan fingerprint density at radius 2 is 1.87 bits per heavy atom. The van der Waals surface area contributed by atoms with Crippen LogP contribution in [0.5, 0.6) is 0 Å². The number of amides is 1. The number of halogens is 3. The standard InChI is InChI=1S/C20H21F3N4O3/c1-12-7-5-8-14(18(27-29-4)19(28)24-3)15(12)11-30-26-13(2)16-9-6-10-17(25-16)20(21,22)23/h5-10H,11H2,1-4H3,(H,24,28)/b26-13+,27-18+. The van der Waals surface area contributed by atoms with Crippen molar-refractivity contribution in [2.24, 2.45) is 10.3 Å². The maximum absolute atomic E-state index is 12.8. The van der Waals surface area contributed by atoms with Crippen molar-refractivity contribution in [1.29, 1.82) is 0 Å². The number of aryl methyl sites for hydroxylation is 1. The Kier molecular flexibility index (Phi) is 7.51. The van der Waals surface area contributed by atoms with Gasteiger partial charge < -0.3 is 15.0 Å². The molecule has 0 radical (unpaired) electrons. The van der Waals surface area contributed by atoms with Crippen molar-refractivity contribution < 1.29 is 27.6 Å². The van der Waals surface area contributed by atoms with E-state index < -0.39 is 17.8 Å². The Balaban J connectivity index is 2.28. The van der Waals surface area contributed by atoms with Crippen molar-refractivity contribution >= 4 is 17.3 Å². The summed E-state index contributed by atoms with van der Waals surface area (Å²) in [6, 6.07) is 8.80. The molecule has 0 saturated carbocycles. The van der Waals surface area contributed by atoms with E-state index in [0.717, 1.165) is 11.6 Å². The van der Waals surface area contributed by atoms with E-state index in [1.165, 1.54) is 33.2 Å². The highest BCUT2D eigenvalue weighted by Crippen LogP contribution is 2.27. The molecule has 0 saturated heterocycles. The number of oxime groups is 2. The smallest absolute Gasteiger partial charge is 0.398 e. The van der Waals surface area contributed by atoms with Gasteiger partial charge in [0, 0.05) is 18.2 Å². The third-order valence-electron chi connectivity index (χ3n) is 4.11. The summed E-state index contributed by atoms with van der Waals surface area (Å²) >= 11 is 0. The molecule has 0 atom stereocenters. The molecule has 1 heterocycles. The van der Waals surface area contributed by atoms with Gasteiger partial charge in [0.2, 0.25) is 0 Å². The van der Waals surface area contributed by atoms with Crippen LogP contribution in [0, 0.1) is 6.92 Å². The van der Waals surface area contributed by atoms with E-state index in [9.17, 15) is 18.0 Å². The highest BCUT2D eigenvalue weighted by molar-refractivity contribution is 6.45. The lowest BCUT2D eigenvalue weighted by Crippen LogP contribution is -2.29. The minimum absolute atomic E-state index is 0.0434. The number of likely N-dealkylation sites (N-methyl/N-ethyl adjacent to an activating group) is 1. The van der Waals surface area contributed by atoms with Crippen LogP contribution in [0.2, 0.25) is 0 Å². The Labute approximate surface area is 171 Å². The van der Waals surface area contributed by atoms with Gasteiger partial charge in [-0.25, -0.2) is 4.98 Å². The van der Waals surface area contributed by atoms with Gasteiger partial charge in [0.05, 0.1) is 5.69 Å². The number of nitrogens with zero attached hydrogens (tertiary/aromatic N) is 3. The summed E-state index contributed by atoms with van der Waals surface area (Å²) in [4.78, 5) is 25.9. The van der Waals surface area contributed by atoms with Gasteiger partial charge in [-0.3, -0.25) is 4.79 Å². The molecule has 1 N–H and O–H groups in total. The fraction of sp³-hybridized carbons (Fsp3) is 0.300. The van der Waals surface area contributed by atoms with Crippen molar-refractivity contribution in [3.8, 4) is 0 Å². The molecular weight excluding hydrogens is 401 g/mol. The van der Waals surface area contributed by atoms with Crippen LogP contribution in [0.3, 0.4) is 0 Å². The molecule has 0 aliphatic heterocycles. The number of nitrogens with one attached hydrogen (secondary N) is 1. The quantitative estimate of drug-likeness (QED) is 0.547. The van der Waals surface area contributed by atoms with Gasteiger partial charge in [-0.15, -0.1) is 0 Å². The molecule has 1 amide bonds. The van der Waals surface area contributed by atoms with Gasteiger partial charge in [-0.05, 0) is 31.5 Å². The average molecular weight is 422 g/mol. The van der Waals surface area contributed by atoms with Crippen molar-refractivity contribution in [3.63, 3.8) is 0 Å². The van der Waals surface area contributed by atoms with Crippen LogP contribution in [-0.2, 0) is 27.3 Å². The molecule has 0 unspecified atom stereocenters. The molecule has 0 bridgehead atoms. The summed E-state index contributed by atoms with van der Waals surface area (Å²) in [6.45, 7) is 3.27. The van der Waals surface area contributed by atoms with Crippen molar-refractivity contribution in [1.82, 2.24) is 10.3 Å². The predicted molar refractivity (Wildman–Crippen MR) is 105 cm³/mol. The van der Waals surface area contributed by atoms with Gasteiger partial charge in [-0.2, -0.15) is 13.2 Å². The Morgan fingerprint density at radius 1 is 1.17 bits per heavy atom. The summed E-state index contributed by atoms with van der Waals surface area (Å²) in [5.41, 5.74) is 1.19. The first-order valence-electron chi connectivity index (χ1n) is 8.82. The number of hydrogen-bond acceptors (Lipinski definition) is 6. The third-order valence-corrected chi connectivity index (χ3v) is 4.11. The Bertz CT molecular complexity index is 972. The monoisotopic (exact) mass is 422 g/mol. The van der Waals surface area contributed by atoms with E-state index in [2.05, 4.69) is 20.6 Å². The number of pyridine rings is 1. The summed E-state index contributed by atoms with van der Waals surface area (Å²) in [6.07, 6.45) is -4.55. The summed E-state index contributed by atoms with van der Waals surface area (Å²) < 4.78 is 38.5. The number of rotatable bonds is 7. The van der Waals surface area contributed by atoms with E-state index in [4.69, 9.17) is 9.68 Å². The molecule has 1 aromatic carbocycles. The van der Waals surface area contributed by atoms with Gasteiger partial charge in [-0.1, -0.05) is 34.6 Å². The highest BCUT2D eigenvalue weighted by atomic mass is 19.4. The van der Waals surface area contributed by atoms with E-state index in [1.807, 2.05) is 13.0 Å². The first-order valence-corrected chi connectivity index (χ1v) is 8.82. The predicted octanol–water partition coefficient (Wildman–Crippen LogP) is 3.45. The number of carbonyl (C=O) groups is 1. The molecular formula is C20H21F3N4O3. The molecule has 0 fully saturated rings. The zero-order valence-corrected chi connectivity index (χ0v) is 16.9. The second kappa shape index (κ2) is 9.86. The zero-order chi connectivity index (χ0) is 22.3. The number of hydrogen-bond donors (Lipinski definition) is 1. The SMILES string of the molecule is CNC(=O)/C(=N/OC)c1cccc(C)c1CO/N=C(\C)c1cccc(C(F)(F)F)n1. The second-order valence-corrected chi connectivity index (χ2v) is 6.16. The minimum Gasteiger partial charge on any atom is -0.398 e. The lowest BCUT2D eigenvalue weighted by molar-refractivity contribution is -0.141. The normalized spacial score (nSPS) is 12.5. The molecule has 7 nitrogen and oxygen atoms in total. The molecule has 10 heteroatoms. The fourth-order valence-electron chi connectivity index (χ4n) is 2.57. The van der Waals surface area contributed by atoms with Crippen LogP contribution >= 0.6 is 0 Å². The highest BCUT2D eigenvalue weighted by Gasteiger charge is 2.32. The summed E-state index contributed by atoms with van der Waals surface area (Å²) in [7, 11) is 2.79. The Hall–Kier alpha value is -3.43. The number of carbonyl (C=O) groups excluding carboxylic acids is 1. The number of alkyl halides is 3. The van der Waals surface area contributed by atoms with E-state index in [0.29, 0.717) is 11.1 Å². The molecule has 160 valence electrons. The van der Waals surface area contributed by atoms with Crippen LogP contribution in [0.15, 0.2) is 46.7 Å². The van der Waals surface area contributed by atoms with E-state index >= 15 is 0 Å². The molecule has 30 heavy (non-hydrogen) atoms. The summed E-state index contributed by atoms with van der Waals surface area (Å²) in [5, 5.41) is 10.2. The van der Waals surface area contributed by atoms with E-state index in [-0.39, 0.29) is 23.7 Å². The maximum Gasteiger partial charge on any atom is 0.433 e. The van der Waals surface area contributed by atoms with Gasteiger partial charge >= 0.3 is 6.18 Å². The van der Waals surface area contributed by atoms with Crippen LogP contribution in [0.25, 0.3) is 0 Å². The zero-order valence-electron chi connectivity index (χ0n) is 16.9. The summed E-state index contributed by atoms with van der Waals surface area (Å²) in [5.74, 6) is -0.448. The largest absolute Gasteiger partial charge is 0.433 e. The first-order chi connectivity index (χ1) is 14.2. The molecule has 2 aromatic rings. The Morgan fingerprint density at radius 3 is 2.50 bits per heavy atom. The average Bonchev–Trinajstić information content (AvgIpc) is 2.72. The number of aromatic nitrogens is 1. The topological polar surface area (TPSA) is 85.2 Å². The molecule has 0 aliphatic rings. The lowest BCUT2D eigenvalue weighted by atomic mass is 9.98. The van der Waals surface area contributed by atoms with Crippen molar-refractivity contribution in [2.45, 2.75) is 26.6 Å². The van der Waals surface area contributed by atoms with Crippen molar-refractivity contribution in [2.75, 3.05) is 14.2 Å². The van der Waals surface area contributed by atoms with E-state index in [1.54, 1.807) is 12.1 Å². The minimum atomic E-state index is -4.55.